The first-order valence-corrected chi connectivity index (χ1v) is 17.7. The Morgan fingerprint density at radius 3 is 1.07 bits per heavy atom. The molecule has 0 aliphatic rings. The topological polar surface area (TPSA) is 275 Å². The van der Waals surface area contributed by atoms with Crippen molar-refractivity contribution in [1.29, 1.82) is 0 Å². The Labute approximate surface area is 352 Å². The number of hydrogen-bond acceptors (Lipinski definition) is 16. The maximum absolute atomic E-state index is 12.4. The van der Waals surface area contributed by atoms with Crippen molar-refractivity contribution in [1.82, 2.24) is 29.9 Å². The molecule has 0 amide bonds. The standard InChI is InChI=1S/C32H26N10O8S2.2Na.2H/c43-31-39-27(33-21-7-3-1-4-8-21)37-29(41-31)35-23-15-13-19(25(17-23)51(45,46)47)11-12-20-14-16-24(18-26(20)52(48,49)50)36-30-38-28(40-32(44)42-30)34-22-9-5-2-6-10-22;;;;/h1-18H,(H,45,46,47)(H,48,49,50)(H3,33,35,37,39,41,43)(H3,34,36,38,40,42,44);;;;. The van der Waals surface area contributed by atoms with Gasteiger partial charge in [0, 0.05) is 22.7 Å². The molecule has 18 nitrogen and oxygen atoms in total. The SMILES string of the molecule is O=S(=O)(O)c1cc(Nc2nc(O)nc(Nc3ccccc3)n2)ccc1C=Cc1ccc(Nc2nc(O)nc(Nc3ccccc3)n2)cc1S(=O)(=O)O.[NaH].[NaH]. The summed E-state index contributed by atoms with van der Waals surface area (Å²) in [6.45, 7) is 0. The zero-order valence-electron chi connectivity index (χ0n) is 26.3. The average molecular weight is 791 g/mol. The molecule has 54 heavy (non-hydrogen) atoms. The van der Waals surface area contributed by atoms with Crippen molar-refractivity contribution in [2.75, 3.05) is 21.3 Å². The van der Waals surface area contributed by atoms with Crippen molar-refractivity contribution in [2.45, 2.75) is 9.79 Å². The van der Waals surface area contributed by atoms with E-state index in [0.29, 0.717) is 11.4 Å². The molecule has 2 aromatic heterocycles. The normalized spacial score (nSPS) is 11.2. The van der Waals surface area contributed by atoms with Crippen molar-refractivity contribution in [3.63, 3.8) is 0 Å². The predicted molar refractivity (Wildman–Crippen MR) is 205 cm³/mol. The van der Waals surface area contributed by atoms with Crippen LogP contribution in [0.25, 0.3) is 12.2 Å². The summed E-state index contributed by atoms with van der Waals surface area (Å²) in [6.07, 6.45) is 2.43. The monoisotopic (exact) mass is 790 g/mol. The van der Waals surface area contributed by atoms with E-state index in [1.165, 1.54) is 36.4 Å². The number of nitrogens with zero attached hydrogens (tertiary/aromatic N) is 6. The average Bonchev–Trinajstić information content (AvgIpc) is 3.07. The van der Waals surface area contributed by atoms with Gasteiger partial charge in [-0.05, 0) is 59.7 Å². The molecular weight excluding hydrogens is 763 g/mol. The third-order valence-corrected chi connectivity index (χ3v) is 8.66. The Morgan fingerprint density at radius 1 is 0.444 bits per heavy atom. The van der Waals surface area contributed by atoms with Gasteiger partial charge in [-0.15, -0.1) is 0 Å². The number of aromatic nitrogens is 6. The molecule has 0 bridgehead atoms. The van der Waals surface area contributed by atoms with Crippen molar-refractivity contribution in [3.05, 3.63) is 108 Å². The summed E-state index contributed by atoms with van der Waals surface area (Å²) < 4.78 is 69.6. The summed E-state index contributed by atoms with van der Waals surface area (Å²) in [4.78, 5) is 22.4. The van der Waals surface area contributed by atoms with E-state index in [-0.39, 0.29) is 105 Å². The van der Waals surface area contributed by atoms with Gasteiger partial charge in [-0.25, -0.2) is 0 Å². The Kier molecular flexibility index (Phi) is 14.0. The van der Waals surface area contributed by atoms with Crippen LogP contribution in [0.4, 0.5) is 46.5 Å². The van der Waals surface area contributed by atoms with E-state index in [2.05, 4.69) is 51.2 Å². The number of anilines is 8. The van der Waals surface area contributed by atoms with E-state index in [1.54, 1.807) is 48.5 Å². The fraction of sp³-hybridized carbons (Fsp3) is 0. The van der Waals surface area contributed by atoms with Crippen LogP contribution >= 0.6 is 0 Å². The minimum absolute atomic E-state index is 0. The van der Waals surface area contributed by atoms with Gasteiger partial charge in [-0.1, -0.05) is 60.7 Å². The van der Waals surface area contributed by atoms with Crippen LogP contribution in [0.1, 0.15) is 11.1 Å². The zero-order valence-corrected chi connectivity index (χ0v) is 27.9. The minimum atomic E-state index is -4.84. The van der Waals surface area contributed by atoms with Gasteiger partial charge < -0.3 is 31.5 Å². The molecule has 4 aromatic carbocycles. The fourth-order valence-electron chi connectivity index (χ4n) is 4.64. The van der Waals surface area contributed by atoms with E-state index in [0.717, 1.165) is 12.1 Å². The fourth-order valence-corrected chi connectivity index (χ4v) is 6.06. The van der Waals surface area contributed by atoms with Crippen LogP contribution in [0.3, 0.4) is 0 Å². The molecule has 0 aliphatic heterocycles. The number of para-hydroxylation sites is 2. The number of hydrogen-bond donors (Lipinski definition) is 8. The molecule has 0 radical (unpaired) electrons. The van der Waals surface area contributed by atoms with Crippen molar-refractivity contribution in [3.8, 4) is 12.0 Å². The second-order valence-electron chi connectivity index (χ2n) is 10.6. The van der Waals surface area contributed by atoms with Gasteiger partial charge in [-0.3, -0.25) is 9.11 Å². The summed E-state index contributed by atoms with van der Waals surface area (Å²) in [5.74, 6) is -0.332. The number of nitrogens with one attached hydrogen (secondary N) is 4. The molecule has 2 heterocycles. The maximum atomic E-state index is 12.4. The summed E-state index contributed by atoms with van der Waals surface area (Å²) in [5, 5.41) is 31.3. The van der Waals surface area contributed by atoms with Crippen LogP contribution in [0.15, 0.2) is 107 Å². The van der Waals surface area contributed by atoms with E-state index in [4.69, 9.17) is 0 Å². The third-order valence-electron chi connectivity index (χ3n) is 6.84. The number of rotatable bonds is 12. The second-order valence-corrected chi connectivity index (χ2v) is 13.4. The molecule has 8 N–H and O–H groups in total. The van der Waals surface area contributed by atoms with E-state index in [9.17, 15) is 36.2 Å². The van der Waals surface area contributed by atoms with E-state index < -0.39 is 42.0 Å². The Bertz CT molecular complexity index is 2350. The van der Waals surface area contributed by atoms with Gasteiger partial charge in [0.25, 0.3) is 20.2 Å². The van der Waals surface area contributed by atoms with Crippen LogP contribution in [0.2, 0.25) is 0 Å². The molecule has 6 rings (SSSR count). The molecule has 0 aliphatic carbocycles. The van der Waals surface area contributed by atoms with Crippen LogP contribution in [0, 0.1) is 0 Å². The quantitative estimate of drug-likeness (QED) is 0.0497. The van der Waals surface area contributed by atoms with E-state index >= 15 is 0 Å². The first-order valence-electron chi connectivity index (χ1n) is 14.8. The van der Waals surface area contributed by atoms with Gasteiger partial charge in [0.2, 0.25) is 23.8 Å². The number of benzene rings is 4. The second kappa shape index (κ2) is 18.1. The molecule has 0 spiro atoms. The van der Waals surface area contributed by atoms with Crippen LogP contribution in [-0.2, 0) is 20.2 Å². The predicted octanol–water partition coefficient (Wildman–Crippen LogP) is 3.81. The Hall–Kier alpha value is -4.74. The molecule has 0 unspecified atom stereocenters. The van der Waals surface area contributed by atoms with Crippen LogP contribution in [-0.4, -0.2) is 125 Å². The van der Waals surface area contributed by atoms with Gasteiger partial charge in [0.05, 0.1) is 0 Å². The molecular formula is C32H28N10Na2O8S2. The van der Waals surface area contributed by atoms with Crippen molar-refractivity contribution < 1.29 is 36.2 Å². The Balaban J connectivity index is 0.00000325. The van der Waals surface area contributed by atoms with Crippen molar-refractivity contribution >= 4 is 138 Å². The summed E-state index contributed by atoms with van der Waals surface area (Å²) in [7, 11) is -9.69. The molecule has 0 saturated heterocycles. The van der Waals surface area contributed by atoms with E-state index in [1.807, 2.05) is 12.1 Å². The molecule has 268 valence electrons. The molecule has 6 aromatic rings. The zero-order chi connectivity index (χ0) is 36.9. The molecule has 22 heteroatoms. The summed E-state index contributed by atoms with van der Waals surface area (Å²) >= 11 is 0. The first-order chi connectivity index (χ1) is 24.8. The Morgan fingerprint density at radius 2 is 0.759 bits per heavy atom. The summed E-state index contributed by atoms with van der Waals surface area (Å²) in [5.41, 5.74) is 1.34. The van der Waals surface area contributed by atoms with Crippen LogP contribution in [0.5, 0.6) is 12.0 Å². The molecule has 0 fully saturated rings. The third kappa shape index (κ3) is 11.4. The van der Waals surface area contributed by atoms with Gasteiger partial charge in [0.15, 0.2) is 0 Å². The molecule has 0 saturated carbocycles. The van der Waals surface area contributed by atoms with Gasteiger partial charge >= 0.3 is 71.1 Å². The van der Waals surface area contributed by atoms with Gasteiger partial charge in [0.1, 0.15) is 9.79 Å². The van der Waals surface area contributed by atoms with Gasteiger partial charge in [-0.2, -0.15) is 46.7 Å². The summed E-state index contributed by atoms with van der Waals surface area (Å²) in [6, 6.07) is 24.0. The van der Waals surface area contributed by atoms with Crippen LogP contribution < -0.4 is 21.3 Å². The number of aromatic hydroxyl groups is 2. The molecule has 0 atom stereocenters. The first kappa shape index (κ1) is 42.0. The van der Waals surface area contributed by atoms with Crippen molar-refractivity contribution in [2.24, 2.45) is 0 Å².